The van der Waals surface area contributed by atoms with Gasteiger partial charge in [0, 0.05) is 19.1 Å². The van der Waals surface area contributed by atoms with Gasteiger partial charge < -0.3 is 14.8 Å². The van der Waals surface area contributed by atoms with Crippen molar-refractivity contribution in [3.63, 3.8) is 0 Å². The van der Waals surface area contributed by atoms with E-state index >= 15 is 0 Å². The number of amides is 1. The minimum atomic E-state index is -3.80. The average Bonchev–Trinajstić information content (AvgIpc) is 2.75. The van der Waals surface area contributed by atoms with Gasteiger partial charge in [0.05, 0.1) is 17.4 Å². The summed E-state index contributed by atoms with van der Waals surface area (Å²) >= 11 is 0. The summed E-state index contributed by atoms with van der Waals surface area (Å²) in [4.78, 5) is 24.2. The Morgan fingerprint density at radius 2 is 1.81 bits per heavy atom. The lowest BCUT2D eigenvalue weighted by Crippen LogP contribution is -2.44. The number of carbonyl (C=O) groups is 2. The second kappa shape index (κ2) is 10.4. The smallest absolute Gasteiger partial charge is 0.407 e. The number of nitrogens with one attached hydrogen (secondary N) is 1. The van der Waals surface area contributed by atoms with Crippen LogP contribution in [0.15, 0.2) is 29.2 Å². The molecule has 3 rings (SSSR count). The van der Waals surface area contributed by atoms with E-state index in [2.05, 4.69) is 5.32 Å². The van der Waals surface area contributed by atoms with Gasteiger partial charge in [-0.05, 0) is 69.7 Å². The zero-order valence-corrected chi connectivity index (χ0v) is 18.4. The molecule has 1 aliphatic carbocycles. The number of ether oxygens (including phenoxy) is 2. The molecule has 172 valence electrons. The number of carbonyl (C=O) groups excluding carboxylic acids is 2. The summed E-state index contributed by atoms with van der Waals surface area (Å²) in [5, 5.41) is 2.80. The van der Waals surface area contributed by atoms with E-state index in [1.165, 1.54) is 16.4 Å². The highest BCUT2D eigenvalue weighted by Gasteiger charge is 2.35. The Bertz CT molecular complexity index is 868. The molecule has 0 spiro atoms. The lowest BCUT2D eigenvalue weighted by molar-refractivity contribution is -0.157. The van der Waals surface area contributed by atoms with Crippen molar-refractivity contribution in [2.75, 3.05) is 19.7 Å². The number of rotatable bonds is 6. The van der Waals surface area contributed by atoms with E-state index in [0.717, 1.165) is 12.1 Å². The van der Waals surface area contributed by atoms with Crippen molar-refractivity contribution in [1.29, 1.82) is 0 Å². The van der Waals surface area contributed by atoms with Crippen molar-refractivity contribution in [2.45, 2.75) is 62.5 Å². The number of nitrogens with zero attached hydrogens (tertiary/aromatic N) is 1. The van der Waals surface area contributed by atoms with Gasteiger partial charge in [-0.15, -0.1) is 0 Å². The molecule has 1 aromatic carbocycles. The van der Waals surface area contributed by atoms with Crippen LogP contribution < -0.4 is 5.32 Å². The molecular formula is C21H29FN2O6S. The zero-order chi connectivity index (χ0) is 22.4. The van der Waals surface area contributed by atoms with Crippen molar-refractivity contribution in [3.05, 3.63) is 30.1 Å². The summed E-state index contributed by atoms with van der Waals surface area (Å²) in [5.74, 6) is -1.42. The molecule has 0 radical (unpaired) electrons. The second-order valence-corrected chi connectivity index (χ2v) is 9.87. The topological polar surface area (TPSA) is 102 Å². The number of piperidine rings is 1. The van der Waals surface area contributed by atoms with E-state index in [1.807, 2.05) is 0 Å². The van der Waals surface area contributed by atoms with Crippen LogP contribution in [0.5, 0.6) is 0 Å². The molecule has 0 aromatic heterocycles. The van der Waals surface area contributed by atoms with Crippen LogP contribution in [0.3, 0.4) is 0 Å². The zero-order valence-electron chi connectivity index (χ0n) is 17.6. The average molecular weight is 457 g/mol. The molecule has 1 atom stereocenters. The fraction of sp³-hybridized carbons (Fsp3) is 0.619. The quantitative estimate of drug-likeness (QED) is 0.661. The molecule has 1 unspecified atom stereocenters. The van der Waals surface area contributed by atoms with Gasteiger partial charge in [-0.3, -0.25) is 4.79 Å². The summed E-state index contributed by atoms with van der Waals surface area (Å²) in [6, 6.07) is 4.68. The molecular weight excluding hydrogens is 427 g/mol. The van der Waals surface area contributed by atoms with Gasteiger partial charge in [-0.2, -0.15) is 4.31 Å². The van der Waals surface area contributed by atoms with Crippen molar-refractivity contribution in [2.24, 2.45) is 5.92 Å². The van der Waals surface area contributed by atoms with E-state index in [4.69, 9.17) is 9.47 Å². The first-order valence-electron chi connectivity index (χ1n) is 10.7. The van der Waals surface area contributed by atoms with Crippen molar-refractivity contribution < 1.29 is 31.9 Å². The van der Waals surface area contributed by atoms with Crippen LogP contribution in [-0.2, 0) is 24.3 Å². The Labute approximate surface area is 182 Å². The van der Waals surface area contributed by atoms with Gasteiger partial charge in [-0.1, -0.05) is 0 Å². The minimum Gasteiger partial charge on any atom is -0.462 e. The monoisotopic (exact) mass is 456 g/mol. The van der Waals surface area contributed by atoms with Crippen LogP contribution in [-0.4, -0.2) is 56.6 Å². The largest absolute Gasteiger partial charge is 0.462 e. The maximum atomic E-state index is 13.1. The highest BCUT2D eigenvalue weighted by Crippen LogP contribution is 2.27. The Morgan fingerprint density at radius 3 is 2.45 bits per heavy atom. The lowest BCUT2D eigenvalue weighted by atomic mass is 9.92. The standard InChI is InChI=1S/C21H29FN2O6S/c1-2-29-21(26)23-17-7-9-18(10-8-17)30-20(25)15-4-3-13-24(14-15)31(27,28)19-11-5-16(22)6-12-19/h5-6,11-12,15,17-18H,2-4,7-10,13-14H2,1H3,(H,23,26). The highest BCUT2D eigenvalue weighted by atomic mass is 32.2. The van der Waals surface area contributed by atoms with Crippen LogP contribution in [0.1, 0.15) is 45.4 Å². The number of hydrogen-bond donors (Lipinski definition) is 1. The van der Waals surface area contributed by atoms with Gasteiger partial charge in [0.25, 0.3) is 0 Å². The molecule has 1 saturated heterocycles. The van der Waals surface area contributed by atoms with E-state index in [0.29, 0.717) is 51.7 Å². The van der Waals surface area contributed by atoms with Gasteiger partial charge in [0.2, 0.25) is 10.0 Å². The molecule has 31 heavy (non-hydrogen) atoms. The van der Waals surface area contributed by atoms with Crippen LogP contribution in [0.25, 0.3) is 0 Å². The van der Waals surface area contributed by atoms with Gasteiger partial charge >= 0.3 is 12.1 Å². The van der Waals surface area contributed by atoms with E-state index in [9.17, 15) is 22.4 Å². The van der Waals surface area contributed by atoms with Crippen molar-refractivity contribution in [1.82, 2.24) is 9.62 Å². The number of halogens is 1. The van der Waals surface area contributed by atoms with Gasteiger partial charge in [0.1, 0.15) is 11.9 Å². The lowest BCUT2D eigenvalue weighted by Gasteiger charge is -2.33. The summed E-state index contributed by atoms with van der Waals surface area (Å²) < 4.78 is 50.6. The molecule has 0 bridgehead atoms. The first-order valence-corrected chi connectivity index (χ1v) is 12.1. The highest BCUT2D eigenvalue weighted by molar-refractivity contribution is 7.89. The van der Waals surface area contributed by atoms with Crippen LogP contribution in [0.4, 0.5) is 9.18 Å². The molecule has 1 amide bonds. The van der Waals surface area contributed by atoms with E-state index in [1.54, 1.807) is 6.92 Å². The number of sulfonamides is 1. The Hall–Kier alpha value is -2.20. The molecule has 10 heteroatoms. The Balaban J connectivity index is 1.51. The summed E-state index contributed by atoms with van der Waals surface area (Å²) in [6.45, 7) is 2.42. The van der Waals surface area contributed by atoms with Gasteiger partial charge in [0.15, 0.2) is 0 Å². The normalized spacial score (nSPS) is 24.9. The maximum Gasteiger partial charge on any atom is 0.407 e. The molecule has 2 aliphatic rings. The summed E-state index contributed by atoms with van der Waals surface area (Å²) in [6.07, 6.45) is 3.08. The minimum absolute atomic E-state index is 0.0000243. The van der Waals surface area contributed by atoms with E-state index in [-0.39, 0.29) is 29.6 Å². The second-order valence-electron chi connectivity index (χ2n) is 7.93. The molecule has 8 nitrogen and oxygen atoms in total. The van der Waals surface area contributed by atoms with Crippen LogP contribution in [0, 0.1) is 11.7 Å². The fourth-order valence-electron chi connectivity index (χ4n) is 4.03. The van der Waals surface area contributed by atoms with Crippen LogP contribution in [0.2, 0.25) is 0 Å². The SMILES string of the molecule is CCOC(=O)NC1CCC(OC(=O)C2CCCN(S(=O)(=O)c3ccc(F)cc3)C2)CC1. The summed E-state index contributed by atoms with van der Waals surface area (Å²) in [7, 11) is -3.80. The van der Waals surface area contributed by atoms with Crippen molar-refractivity contribution >= 4 is 22.1 Å². The predicted octanol–water partition coefficient (Wildman–Crippen LogP) is 2.83. The molecule has 1 heterocycles. The van der Waals surface area contributed by atoms with Crippen LogP contribution >= 0.6 is 0 Å². The Morgan fingerprint density at radius 1 is 1.13 bits per heavy atom. The molecule has 1 aliphatic heterocycles. The number of hydrogen-bond acceptors (Lipinski definition) is 6. The first-order chi connectivity index (χ1) is 14.8. The summed E-state index contributed by atoms with van der Waals surface area (Å²) in [5.41, 5.74) is 0. The predicted molar refractivity (Wildman–Crippen MR) is 110 cm³/mol. The number of benzene rings is 1. The molecule has 2 fully saturated rings. The third kappa shape index (κ3) is 6.16. The maximum absolute atomic E-state index is 13.1. The van der Waals surface area contributed by atoms with Gasteiger partial charge in [-0.25, -0.2) is 17.6 Å². The fourth-order valence-corrected chi connectivity index (χ4v) is 5.56. The van der Waals surface area contributed by atoms with Crippen molar-refractivity contribution in [3.8, 4) is 0 Å². The molecule has 1 saturated carbocycles. The first kappa shape index (κ1) is 23.5. The number of alkyl carbamates (subject to hydrolysis) is 1. The molecule has 1 aromatic rings. The third-order valence-corrected chi connectivity index (χ3v) is 7.60. The third-order valence-electron chi connectivity index (χ3n) is 5.72. The van der Waals surface area contributed by atoms with E-state index < -0.39 is 27.9 Å². The molecule has 1 N–H and O–H groups in total. The number of esters is 1. The Kier molecular flexibility index (Phi) is 7.88.